The zero-order valence-electron chi connectivity index (χ0n) is 9.56. The van der Waals surface area contributed by atoms with Crippen molar-refractivity contribution in [3.05, 3.63) is 46.4 Å². The number of benzene rings is 1. The summed E-state index contributed by atoms with van der Waals surface area (Å²) in [6, 6.07) is 7.07. The topological polar surface area (TPSA) is 69.7 Å². The van der Waals surface area contributed by atoms with E-state index in [4.69, 9.17) is 11.6 Å². The summed E-state index contributed by atoms with van der Waals surface area (Å²) < 4.78 is 0.681. The zero-order valence-corrected chi connectivity index (χ0v) is 10.3. The Morgan fingerprint density at radius 1 is 1.33 bits per heavy atom. The Labute approximate surface area is 108 Å². The smallest absolute Gasteiger partial charge is 0.198 e. The van der Waals surface area contributed by atoms with E-state index in [1.807, 2.05) is 0 Å². The second-order valence-corrected chi connectivity index (χ2v) is 3.90. The minimum Gasteiger partial charge on any atom is -0.624 e. The largest absolute Gasteiger partial charge is 0.624 e. The molecule has 0 fully saturated rings. The van der Waals surface area contributed by atoms with Gasteiger partial charge in [-0.3, -0.25) is 0 Å². The molecule has 1 heterocycles. The first-order valence-electron chi connectivity index (χ1n) is 5.12. The summed E-state index contributed by atoms with van der Waals surface area (Å²) in [5.41, 5.74) is 0.761. The number of nitrogens with zero attached hydrogens (tertiary/aromatic N) is 5. The Kier molecular flexibility index (Phi) is 3.69. The van der Waals surface area contributed by atoms with Crippen molar-refractivity contribution < 1.29 is 4.74 Å². The maximum atomic E-state index is 10.6. The molecular weight excluding hydrogens is 254 g/mol. The third-order valence-corrected chi connectivity index (χ3v) is 2.28. The van der Waals surface area contributed by atoms with Crippen molar-refractivity contribution in [2.24, 2.45) is 0 Å². The summed E-state index contributed by atoms with van der Waals surface area (Å²) in [4.78, 5) is 1.39. The molecule has 0 bridgehead atoms. The first kappa shape index (κ1) is 12.3. The van der Waals surface area contributed by atoms with E-state index in [1.54, 1.807) is 36.4 Å². The molecule has 92 valence electrons. The second kappa shape index (κ2) is 5.42. The zero-order chi connectivity index (χ0) is 13.0. The van der Waals surface area contributed by atoms with Crippen molar-refractivity contribution in [3.63, 3.8) is 0 Å². The highest BCUT2D eigenvalue weighted by molar-refractivity contribution is 6.30. The van der Waals surface area contributed by atoms with E-state index >= 15 is 0 Å². The van der Waals surface area contributed by atoms with E-state index in [0.717, 1.165) is 5.69 Å². The van der Waals surface area contributed by atoms with Crippen LogP contribution in [-0.4, -0.2) is 38.2 Å². The predicted molar refractivity (Wildman–Crippen MR) is 68.8 cm³/mol. The van der Waals surface area contributed by atoms with Gasteiger partial charge in [0.15, 0.2) is 12.0 Å². The van der Waals surface area contributed by atoms with Gasteiger partial charge in [-0.15, -0.1) is 15.0 Å². The number of hydroxylamine groups is 1. The molecule has 0 unspecified atom stereocenters. The number of hydrogen-bond donors (Lipinski definition) is 0. The summed E-state index contributed by atoms with van der Waals surface area (Å²) in [7, 11) is 1.39. The Hall–Kier alpha value is -2.21. The first-order valence-corrected chi connectivity index (χ1v) is 5.50. The normalized spacial score (nSPS) is 12.2. The molecule has 0 aliphatic carbocycles. The van der Waals surface area contributed by atoms with Gasteiger partial charge in [-0.05, 0) is 35.6 Å². The SMILES string of the molecule is C/[N+]([O-])=C/C=C/c1nnn(-c2ccc(Cl)cc2)n1. The Morgan fingerprint density at radius 2 is 2.06 bits per heavy atom. The fraction of sp³-hybridized carbons (Fsp3) is 0.0909. The van der Waals surface area contributed by atoms with Gasteiger partial charge in [0.2, 0.25) is 0 Å². The van der Waals surface area contributed by atoms with Crippen LogP contribution in [0, 0.1) is 5.21 Å². The van der Waals surface area contributed by atoms with E-state index in [-0.39, 0.29) is 0 Å². The average molecular weight is 264 g/mol. The minimum absolute atomic E-state index is 0.419. The van der Waals surface area contributed by atoms with Crippen LogP contribution in [0.4, 0.5) is 0 Å². The van der Waals surface area contributed by atoms with Crippen LogP contribution in [0.1, 0.15) is 5.82 Å². The molecule has 0 N–H and O–H groups in total. The van der Waals surface area contributed by atoms with Crippen LogP contribution in [-0.2, 0) is 0 Å². The Morgan fingerprint density at radius 3 is 2.72 bits per heavy atom. The van der Waals surface area contributed by atoms with E-state index in [1.165, 1.54) is 18.1 Å². The lowest BCUT2D eigenvalue weighted by Crippen LogP contribution is -1.98. The van der Waals surface area contributed by atoms with Crippen LogP contribution in [0.2, 0.25) is 5.02 Å². The third kappa shape index (κ3) is 3.14. The predicted octanol–water partition coefficient (Wildman–Crippen LogP) is 1.54. The monoisotopic (exact) mass is 263 g/mol. The van der Waals surface area contributed by atoms with E-state index in [0.29, 0.717) is 15.6 Å². The first-order chi connectivity index (χ1) is 8.65. The standard InChI is InChI=1S/C11H10ClN5O/c1-16(18)8-2-3-11-13-15-17(14-11)10-6-4-9(12)5-7-10/h2-8H,1H3/b3-2+,16-8-. The average Bonchev–Trinajstić information content (AvgIpc) is 2.78. The van der Waals surface area contributed by atoms with Crippen molar-refractivity contribution in [2.45, 2.75) is 0 Å². The van der Waals surface area contributed by atoms with Gasteiger partial charge in [-0.2, -0.15) is 0 Å². The summed E-state index contributed by atoms with van der Waals surface area (Å²) in [6.07, 6.45) is 4.49. The summed E-state index contributed by atoms with van der Waals surface area (Å²) in [6.45, 7) is 0. The van der Waals surface area contributed by atoms with Gasteiger partial charge in [-0.25, -0.2) is 4.74 Å². The van der Waals surface area contributed by atoms with Crippen LogP contribution in [0.5, 0.6) is 0 Å². The Balaban J connectivity index is 2.18. The van der Waals surface area contributed by atoms with Crippen molar-refractivity contribution in [3.8, 4) is 5.69 Å². The van der Waals surface area contributed by atoms with Crippen molar-refractivity contribution in [1.82, 2.24) is 20.2 Å². The van der Waals surface area contributed by atoms with Crippen molar-refractivity contribution in [1.29, 1.82) is 0 Å². The molecule has 0 radical (unpaired) electrons. The van der Waals surface area contributed by atoms with Crippen LogP contribution in [0.3, 0.4) is 0 Å². The van der Waals surface area contributed by atoms with E-state index in [2.05, 4.69) is 15.4 Å². The fourth-order valence-corrected chi connectivity index (χ4v) is 1.35. The number of aromatic nitrogens is 4. The van der Waals surface area contributed by atoms with Gasteiger partial charge in [0.1, 0.15) is 7.05 Å². The molecule has 1 aromatic carbocycles. The highest BCUT2D eigenvalue weighted by Crippen LogP contribution is 2.11. The van der Waals surface area contributed by atoms with Crippen molar-refractivity contribution >= 4 is 23.9 Å². The summed E-state index contributed by atoms with van der Waals surface area (Å²) >= 11 is 5.79. The summed E-state index contributed by atoms with van der Waals surface area (Å²) in [5, 5.41) is 23.1. The molecule has 2 rings (SSSR count). The maximum absolute atomic E-state index is 10.6. The van der Waals surface area contributed by atoms with Gasteiger partial charge < -0.3 is 5.21 Å². The number of hydrogen-bond acceptors (Lipinski definition) is 4. The van der Waals surface area contributed by atoms with E-state index < -0.39 is 0 Å². The molecule has 0 aliphatic rings. The molecule has 0 spiro atoms. The highest BCUT2D eigenvalue weighted by Gasteiger charge is 2.01. The lowest BCUT2D eigenvalue weighted by molar-refractivity contribution is -0.416. The van der Waals surface area contributed by atoms with Crippen LogP contribution >= 0.6 is 11.6 Å². The lowest BCUT2D eigenvalue weighted by Gasteiger charge is -1.96. The lowest BCUT2D eigenvalue weighted by atomic mass is 10.3. The highest BCUT2D eigenvalue weighted by atomic mass is 35.5. The molecule has 0 saturated carbocycles. The number of allylic oxidation sites excluding steroid dienone is 1. The van der Waals surface area contributed by atoms with Crippen LogP contribution in [0.15, 0.2) is 30.3 Å². The maximum Gasteiger partial charge on any atom is 0.198 e. The molecule has 0 saturated heterocycles. The van der Waals surface area contributed by atoms with Gasteiger partial charge in [0.25, 0.3) is 0 Å². The van der Waals surface area contributed by atoms with E-state index in [9.17, 15) is 5.21 Å². The molecule has 1 aromatic heterocycles. The third-order valence-electron chi connectivity index (χ3n) is 2.03. The quantitative estimate of drug-likeness (QED) is 0.365. The number of rotatable bonds is 3. The number of tetrazole rings is 1. The molecule has 2 aromatic rings. The van der Waals surface area contributed by atoms with Gasteiger partial charge in [0.05, 0.1) is 5.69 Å². The molecule has 18 heavy (non-hydrogen) atoms. The van der Waals surface area contributed by atoms with Crippen LogP contribution < -0.4 is 0 Å². The van der Waals surface area contributed by atoms with Gasteiger partial charge in [0, 0.05) is 11.1 Å². The summed E-state index contributed by atoms with van der Waals surface area (Å²) in [5.74, 6) is 0.419. The molecular formula is C11H10ClN5O. The Bertz CT molecular complexity index is 584. The van der Waals surface area contributed by atoms with Gasteiger partial charge in [-0.1, -0.05) is 11.6 Å². The number of halogens is 1. The fourth-order valence-electron chi connectivity index (χ4n) is 1.23. The second-order valence-electron chi connectivity index (χ2n) is 3.47. The van der Waals surface area contributed by atoms with Crippen LogP contribution in [0.25, 0.3) is 11.8 Å². The molecule has 0 atom stereocenters. The minimum atomic E-state index is 0.419. The van der Waals surface area contributed by atoms with Crippen molar-refractivity contribution in [2.75, 3.05) is 7.05 Å². The molecule has 0 aliphatic heterocycles. The molecule has 6 nitrogen and oxygen atoms in total. The van der Waals surface area contributed by atoms with Gasteiger partial charge >= 0.3 is 0 Å². The molecule has 0 amide bonds. The molecule has 7 heteroatoms.